The lowest BCUT2D eigenvalue weighted by molar-refractivity contribution is -0.152. The number of fused-ring (bicyclic) bond motifs is 3. The standard InChI is InChI=1S/2C32H35N3O9S.C29H30N2O8S.C3H7NO2.CH4/c2*1-17-24-26(36)32(14-19(15-32)27(37)34-18(2)30(38)39)31(40)35(29(24)45-25(17)28-33-10-13-43-28)16-23(44-20-8-11-42-12-9-20)21-6-4-5-7-22(21)41-3;1-16-22-24(32)29(13-17(14-29)27(33)34)28(35)31(26(22)40-23(16)25-30-9-12-38-25)15-21(39-18-7-10-37-11-8-18)19-5-3-4-6-20(19)36-2;1-2(4)3(5)6;/h2*4-7,10,13,18-20,23H,8-9,11-12,14-16H2,1-3H3,(H,34,37)(H,38,39);3-6,9,12,17-18,21H,7-8,10-11,13-15H2,1-2H3,(H,33,34);2H,4H2,1H3,(H,5,6);1H4/t2*18-,19?,23+,32?;17?,21-,29?;2-;/m1101./s1. The van der Waals surface area contributed by atoms with Crippen molar-refractivity contribution >= 4 is 120 Å². The van der Waals surface area contributed by atoms with E-state index in [1.54, 1.807) is 36.0 Å². The summed E-state index contributed by atoms with van der Waals surface area (Å²) in [5.41, 5.74) is 5.98. The van der Waals surface area contributed by atoms with Crippen molar-refractivity contribution in [3.8, 4) is 49.6 Å². The molecule has 18 rings (SSSR count). The Morgan fingerprint density at radius 3 is 0.934 bits per heavy atom. The van der Waals surface area contributed by atoms with Crippen LogP contribution in [0, 0.1) is 54.8 Å². The molecule has 0 radical (unpaired) electrons. The van der Waals surface area contributed by atoms with Crippen molar-refractivity contribution in [1.82, 2.24) is 25.6 Å². The fourth-order valence-corrected chi connectivity index (χ4v) is 22.6. The van der Waals surface area contributed by atoms with Gasteiger partial charge in [0.15, 0.2) is 17.3 Å². The van der Waals surface area contributed by atoms with Gasteiger partial charge >= 0.3 is 23.9 Å². The zero-order chi connectivity index (χ0) is 96.9. The van der Waals surface area contributed by atoms with E-state index in [4.69, 9.17) is 66.7 Å². The van der Waals surface area contributed by atoms with Gasteiger partial charge in [-0.05, 0) is 153 Å². The summed E-state index contributed by atoms with van der Waals surface area (Å²) in [5, 5.41) is 42.4. The first-order valence-corrected chi connectivity index (χ1v) is 47.3. The molecule has 6 fully saturated rings. The largest absolute Gasteiger partial charge is 0.496 e. The zero-order valence-electron chi connectivity index (χ0n) is 76.2. The number of hydrogen-bond acceptors (Lipinski definition) is 31. The fraction of sp³-hybridized carbons (Fsp3) is 0.474. The highest BCUT2D eigenvalue weighted by molar-refractivity contribution is 7.21. The van der Waals surface area contributed by atoms with Crippen LogP contribution in [0.2, 0.25) is 0 Å². The number of ketones is 3. The number of carbonyl (C=O) groups is 12. The number of nitrogens with zero attached hydrogens (tertiary/aromatic N) is 6. The molecule has 3 spiro atoms. The number of aromatic nitrogens is 3. The Morgan fingerprint density at radius 1 is 0.438 bits per heavy atom. The van der Waals surface area contributed by atoms with Crippen molar-refractivity contribution in [2.75, 3.05) is 95.3 Å². The van der Waals surface area contributed by atoms with E-state index < -0.39 is 124 Å². The van der Waals surface area contributed by atoms with Crippen LogP contribution in [0.15, 0.2) is 123 Å². The second-order valence-corrected chi connectivity index (χ2v) is 38.2. The molecule has 6 aliphatic heterocycles. The highest BCUT2D eigenvalue weighted by atomic mass is 32.1. The second-order valence-electron chi connectivity index (χ2n) is 35.2. The van der Waals surface area contributed by atoms with Crippen LogP contribution in [0.1, 0.15) is 188 Å². The number of amides is 5. The molecule has 0 bridgehead atoms. The van der Waals surface area contributed by atoms with Gasteiger partial charge in [0.05, 0.1) is 115 Å². The number of hydrogen-bond donors (Lipinski definition) is 7. The molecule has 9 aromatic rings. The number of ether oxygens (including phenoxy) is 9. The average Bonchev–Trinajstić information content (AvgIpc) is 1.68. The van der Waals surface area contributed by atoms with Crippen LogP contribution in [0.3, 0.4) is 0 Å². The van der Waals surface area contributed by atoms with Crippen LogP contribution in [-0.2, 0) is 71.6 Å². The summed E-state index contributed by atoms with van der Waals surface area (Å²) in [6.45, 7) is 13.4. The van der Waals surface area contributed by atoms with Gasteiger partial charge in [0.1, 0.15) is 104 Å². The van der Waals surface area contributed by atoms with Crippen molar-refractivity contribution in [2.45, 2.75) is 181 Å². The molecule has 0 unspecified atom stereocenters. The van der Waals surface area contributed by atoms with Crippen molar-refractivity contribution in [3.63, 3.8) is 0 Å². The highest BCUT2D eigenvalue weighted by Crippen LogP contribution is 2.61. The van der Waals surface area contributed by atoms with Crippen LogP contribution >= 0.6 is 34.0 Å². The molecule has 730 valence electrons. The maximum Gasteiger partial charge on any atom is 0.325 e. The number of thiophene rings is 3. The molecule has 8 N–H and O–H groups in total. The topological polar surface area (TPSA) is 507 Å². The molecular weight excluding hydrogens is 1840 g/mol. The molecule has 3 aliphatic carbocycles. The minimum atomic E-state index is -1.47. The van der Waals surface area contributed by atoms with E-state index in [0.717, 1.165) is 29.5 Å². The smallest absolute Gasteiger partial charge is 0.325 e. The number of Topliss-reactive ketones (excluding diaryl/α,β-unsaturated/α-hetero) is 3. The highest BCUT2D eigenvalue weighted by Gasteiger charge is 2.66. The molecule has 9 aliphatic rings. The first-order valence-electron chi connectivity index (χ1n) is 44.8. The number of para-hydroxylation sites is 3. The summed E-state index contributed by atoms with van der Waals surface area (Å²) < 4.78 is 70.4. The molecule has 40 heteroatoms. The van der Waals surface area contributed by atoms with Gasteiger partial charge in [-0.25, -0.2) is 15.0 Å². The molecule has 6 aromatic heterocycles. The molecule has 37 nitrogen and oxygen atoms in total. The van der Waals surface area contributed by atoms with Gasteiger partial charge in [0.2, 0.25) is 47.2 Å². The number of carboxylic acids is 4. The molecule has 3 saturated heterocycles. The Hall–Kier alpha value is -12.3. The minimum absolute atomic E-state index is 0. The van der Waals surface area contributed by atoms with Gasteiger partial charge < -0.3 is 92.7 Å². The molecule has 3 saturated carbocycles. The summed E-state index contributed by atoms with van der Waals surface area (Å²) in [6.07, 6.45) is 11.0. The van der Waals surface area contributed by atoms with Gasteiger partial charge in [-0.1, -0.05) is 62.0 Å². The number of oxazole rings is 3. The van der Waals surface area contributed by atoms with Crippen molar-refractivity contribution in [3.05, 3.63) is 160 Å². The fourth-order valence-electron chi connectivity index (χ4n) is 18.9. The number of benzene rings is 3. The maximum atomic E-state index is 14.6. The Balaban J connectivity index is 0.000000159. The van der Waals surface area contributed by atoms with Gasteiger partial charge in [-0.3, -0.25) is 72.2 Å². The third-order valence-electron chi connectivity index (χ3n) is 26.5. The van der Waals surface area contributed by atoms with Crippen LogP contribution in [-0.4, -0.2) is 223 Å². The number of anilines is 3. The normalized spacial score (nSPS) is 22.6. The lowest BCUT2D eigenvalue weighted by Crippen LogP contribution is -2.62. The van der Waals surface area contributed by atoms with E-state index in [9.17, 15) is 72.9 Å². The van der Waals surface area contributed by atoms with E-state index >= 15 is 0 Å². The minimum Gasteiger partial charge on any atom is -0.496 e. The summed E-state index contributed by atoms with van der Waals surface area (Å²) in [7, 11) is 4.75. The number of nitrogens with two attached hydrogens (primary N) is 1. The SMILES string of the molecule is C.COc1ccccc1[C@H](CN1C(=O)C2(CC(C(=O)N[C@H](C)C(=O)O)C2)C(=O)c2c1sc(-c1ncco1)c2C)OC1CCOCC1.COc1ccccc1[C@H](CN1C(=O)C2(CC(C(=O)N[C@H](C)C(=O)O)C2)C(=O)c2c1sc(-c1ncco1)c2C)OC1CCOCC1.COc1ccccc1[C@H](CN1C(=O)C2(CC(C(=O)O)C2)C(=O)c2c1sc(-c1ncco1)c2C)OC1CCOCC1.C[C@@H](N)C(=O)O. The average molecular weight is 1950 g/mol. The Bertz CT molecular complexity index is 5690. The second kappa shape index (κ2) is 42.8. The number of carbonyl (C=O) groups excluding carboxylic acids is 8. The number of methoxy groups -OCH3 is 3. The van der Waals surface area contributed by atoms with E-state index in [2.05, 4.69) is 25.6 Å². The lowest BCUT2D eigenvalue weighted by atomic mass is 9.56. The maximum absolute atomic E-state index is 14.6. The van der Waals surface area contributed by atoms with Gasteiger partial charge in [-0.2, -0.15) is 0 Å². The number of rotatable bonds is 29. The molecule has 12 heterocycles. The molecular formula is C97H111N9O28S3. The predicted molar refractivity (Wildman–Crippen MR) is 497 cm³/mol. The molecule has 5 amide bonds. The van der Waals surface area contributed by atoms with Gasteiger partial charge in [0.25, 0.3) is 0 Å². The van der Waals surface area contributed by atoms with Gasteiger partial charge in [-0.15, -0.1) is 34.0 Å². The Kier molecular flexibility index (Phi) is 31.4. The van der Waals surface area contributed by atoms with E-state index in [-0.39, 0.29) is 101 Å². The van der Waals surface area contributed by atoms with Crippen molar-refractivity contribution in [1.29, 1.82) is 0 Å². The summed E-state index contributed by atoms with van der Waals surface area (Å²) in [6, 6.07) is 19.6. The molecule has 6 atom stereocenters. The van der Waals surface area contributed by atoms with Crippen LogP contribution < -0.4 is 45.3 Å². The summed E-state index contributed by atoms with van der Waals surface area (Å²) in [4.78, 5) is 175. The van der Waals surface area contributed by atoms with Crippen molar-refractivity contribution in [2.24, 2.45) is 39.7 Å². The molecule has 137 heavy (non-hydrogen) atoms. The first kappa shape index (κ1) is 101. The van der Waals surface area contributed by atoms with E-state index in [1.807, 2.05) is 93.6 Å². The van der Waals surface area contributed by atoms with E-state index in [1.165, 1.54) is 92.2 Å². The zero-order valence-corrected chi connectivity index (χ0v) is 78.7. The van der Waals surface area contributed by atoms with Crippen molar-refractivity contribution < 1.29 is 134 Å². The monoisotopic (exact) mass is 1950 g/mol. The van der Waals surface area contributed by atoms with Gasteiger partial charge in [0, 0.05) is 68.2 Å². The lowest BCUT2D eigenvalue weighted by Gasteiger charge is -2.49. The third kappa shape index (κ3) is 20.1. The summed E-state index contributed by atoms with van der Waals surface area (Å²) in [5.74, 6) is -6.73. The quantitative estimate of drug-likeness (QED) is 0.0214. The first-order chi connectivity index (χ1) is 65.3. The third-order valence-corrected chi connectivity index (χ3v) is 30.4. The number of carboxylic acid groups (broad SMARTS) is 4. The van der Waals surface area contributed by atoms with Crippen LogP contribution in [0.4, 0.5) is 15.0 Å². The predicted octanol–water partition coefficient (Wildman–Crippen LogP) is 13.1. The van der Waals surface area contributed by atoms with Crippen LogP contribution in [0.25, 0.3) is 32.3 Å². The molecule has 3 aromatic carbocycles. The Labute approximate surface area is 800 Å². The number of nitrogens with one attached hydrogen (secondary N) is 2. The van der Waals surface area contributed by atoms with Crippen LogP contribution in [0.5, 0.6) is 17.2 Å². The summed E-state index contributed by atoms with van der Waals surface area (Å²) >= 11 is 3.79. The Morgan fingerprint density at radius 2 is 0.701 bits per heavy atom. The van der Waals surface area contributed by atoms with E-state index in [0.29, 0.717) is 163 Å². The number of aliphatic carboxylic acids is 4.